The summed E-state index contributed by atoms with van der Waals surface area (Å²) in [6, 6.07) is 0. The van der Waals surface area contributed by atoms with E-state index >= 15 is 0 Å². The number of carbonyl (C=O) groups excluding carboxylic acids is 1. The maximum Gasteiger partial charge on any atom is 0.136 e. The molecule has 0 radical (unpaired) electrons. The summed E-state index contributed by atoms with van der Waals surface area (Å²) in [5, 5.41) is 0. The predicted octanol–water partition coefficient (Wildman–Crippen LogP) is 3.73. The van der Waals surface area contributed by atoms with Gasteiger partial charge in [-0.05, 0) is 44.4 Å². The van der Waals surface area contributed by atoms with Crippen molar-refractivity contribution in [1.82, 2.24) is 0 Å². The Morgan fingerprint density at radius 2 is 2.06 bits per heavy atom. The van der Waals surface area contributed by atoms with Gasteiger partial charge in [0.05, 0.1) is 6.10 Å². The van der Waals surface area contributed by atoms with E-state index < -0.39 is 0 Å². The minimum atomic E-state index is 0.363. The highest BCUT2D eigenvalue weighted by Crippen LogP contribution is 2.30. The molecular weight excluding hydrogens is 212 g/mol. The van der Waals surface area contributed by atoms with Crippen LogP contribution in [0.25, 0.3) is 0 Å². The molecule has 3 atom stereocenters. The van der Waals surface area contributed by atoms with Crippen LogP contribution in [0.2, 0.25) is 0 Å². The van der Waals surface area contributed by atoms with Gasteiger partial charge in [-0.15, -0.1) is 0 Å². The molecule has 0 spiro atoms. The summed E-state index contributed by atoms with van der Waals surface area (Å²) in [6.45, 7) is 3.18. The van der Waals surface area contributed by atoms with Crippen LogP contribution in [0.4, 0.5) is 0 Å². The lowest BCUT2D eigenvalue weighted by molar-refractivity contribution is -0.125. The second-order valence-corrected chi connectivity index (χ2v) is 5.96. The van der Waals surface area contributed by atoms with Crippen LogP contribution in [0.15, 0.2) is 0 Å². The fourth-order valence-corrected chi connectivity index (χ4v) is 3.27. The maximum absolute atomic E-state index is 12.1. The summed E-state index contributed by atoms with van der Waals surface area (Å²) in [5.41, 5.74) is 0. The van der Waals surface area contributed by atoms with Crippen molar-refractivity contribution in [3.8, 4) is 0 Å². The molecule has 0 amide bonds. The minimum absolute atomic E-state index is 0.363. The smallest absolute Gasteiger partial charge is 0.136 e. The van der Waals surface area contributed by atoms with Gasteiger partial charge >= 0.3 is 0 Å². The highest BCUT2D eigenvalue weighted by molar-refractivity contribution is 5.81. The lowest BCUT2D eigenvalue weighted by Gasteiger charge is -2.27. The van der Waals surface area contributed by atoms with Crippen LogP contribution in [0.3, 0.4) is 0 Å². The van der Waals surface area contributed by atoms with Gasteiger partial charge in [0.25, 0.3) is 0 Å². The largest absolute Gasteiger partial charge is 0.378 e. The summed E-state index contributed by atoms with van der Waals surface area (Å²) in [7, 11) is 0. The first kappa shape index (κ1) is 13.1. The summed E-state index contributed by atoms with van der Waals surface area (Å²) >= 11 is 0. The molecular formula is C15H26O2. The first-order valence-corrected chi connectivity index (χ1v) is 7.40. The van der Waals surface area contributed by atoms with Gasteiger partial charge in [0, 0.05) is 18.9 Å². The summed E-state index contributed by atoms with van der Waals surface area (Å²) in [4.78, 5) is 12.1. The lowest BCUT2D eigenvalue weighted by atomic mass is 9.79. The number of ketones is 1. The zero-order chi connectivity index (χ0) is 12.1. The minimum Gasteiger partial charge on any atom is -0.378 e. The molecule has 98 valence electrons. The zero-order valence-corrected chi connectivity index (χ0v) is 11.1. The van der Waals surface area contributed by atoms with Gasteiger partial charge < -0.3 is 4.74 Å². The van der Waals surface area contributed by atoms with Crippen molar-refractivity contribution in [3.05, 3.63) is 0 Å². The standard InChI is InChI=1S/C15H26O2/c1-12-5-4-6-13(11-12)15(16)9-8-14-7-2-3-10-17-14/h12-14H,2-11H2,1H3. The lowest BCUT2D eigenvalue weighted by Crippen LogP contribution is -2.24. The van der Waals surface area contributed by atoms with Gasteiger partial charge in [0.1, 0.15) is 5.78 Å². The van der Waals surface area contributed by atoms with Gasteiger partial charge in [-0.3, -0.25) is 4.79 Å². The molecule has 2 heteroatoms. The second kappa shape index (κ2) is 6.53. The Kier molecular flexibility index (Phi) is 5.02. The number of ether oxygens (including phenoxy) is 1. The molecule has 0 aromatic carbocycles. The molecule has 1 heterocycles. The number of hydrogen-bond donors (Lipinski definition) is 0. The molecule has 1 aliphatic carbocycles. The van der Waals surface area contributed by atoms with Crippen LogP contribution in [-0.4, -0.2) is 18.5 Å². The molecule has 2 fully saturated rings. The van der Waals surface area contributed by atoms with E-state index in [-0.39, 0.29) is 0 Å². The molecule has 2 rings (SSSR count). The third kappa shape index (κ3) is 4.09. The average molecular weight is 238 g/mol. The van der Waals surface area contributed by atoms with Gasteiger partial charge in [-0.25, -0.2) is 0 Å². The highest BCUT2D eigenvalue weighted by Gasteiger charge is 2.25. The van der Waals surface area contributed by atoms with Gasteiger partial charge in [-0.1, -0.05) is 19.8 Å². The van der Waals surface area contributed by atoms with E-state index in [0.29, 0.717) is 17.8 Å². The average Bonchev–Trinajstić information content (AvgIpc) is 2.37. The maximum atomic E-state index is 12.1. The predicted molar refractivity (Wildman–Crippen MR) is 69.0 cm³/mol. The van der Waals surface area contributed by atoms with Crippen molar-refractivity contribution in [2.24, 2.45) is 11.8 Å². The normalized spacial score (nSPS) is 34.5. The number of rotatable bonds is 4. The molecule has 1 saturated heterocycles. The number of hydrogen-bond acceptors (Lipinski definition) is 2. The van der Waals surface area contributed by atoms with E-state index in [0.717, 1.165) is 44.6 Å². The SMILES string of the molecule is CC1CCCC(C(=O)CCC2CCCCO2)C1. The first-order valence-electron chi connectivity index (χ1n) is 7.40. The van der Waals surface area contributed by atoms with Crippen molar-refractivity contribution in [2.45, 2.75) is 70.8 Å². The topological polar surface area (TPSA) is 26.3 Å². The second-order valence-electron chi connectivity index (χ2n) is 5.96. The van der Waals surface area contributed by atoms with Gasteiger partial charge in [0.15, 0.2) is 0 Å². The van der Waals surface area contributed by atoms with Gasteiger partial charge in [0.2, 0.25) is 0 Å². The Bertz CT molecular complexity index is 243. The monoisotopic (exact) mass is 238 g/mol. The van der Waals surface area contributed by atoms with Crippen molar-refractivity contribution in [1.29, 1.82) is 0 Å². The fraction of sp³-hybridized carbons (Fsp3) is 0.933. The van der Waals surface area contributed by atoms with Gasteiger partial charge in [-0.2, -0.15) is 0 Å². The van der Waals surface area contributed by atoms with Crippen molar-refractivity contribution in [3.63, 3.8) is 0 Å². The number of carbonyl (C=O) groups is 1. The van der Waals surface area contributed by atoms with Crippen LogP contribution in [0.1, 0.15) is 64.7 Å². The van der Waals surface area contributed by atoms with Crippen molar-refractivity contribution in [2.75, 3.05) is 6.61 Å². The van der Waals surface area contributed by atoms with E-state index in [1.165, 1.54) is 25.7 Å². The fourth-order valence-electron chi connectivity index (χ4n) is 3.27. The molecule has 0 aromatic rings. The van der Waals surface area contributed by atoms with E-state index in [2.05, 4.69) is 6.92 Å². The summed E-state index contributed by atoms with van der Waals surface area (Å²) in [5.74, 6) is 1.62. The zero-order valence-electron chi connectivity index (χ0n) is 11.1. The Morgan fingerprint density at radius 3 is 2.76 bits per heavy atom. The molecule has 3 unspecified atom stereocenters. The molecule has 0 N–H and O–H groups in total. The Balaban J connectivity index is 1.69. The summed E-state index contributed by atoms with van der Waals surface area (Å²) < 4.78 is 5.68. The van der Waals surface area contributed by atoms with Crippen molar-refractivity contribution >= 4 is 5.78 Å². The first-order chi connectivity index (χ1) is 8.25. The molecule has 17 heavy (non-hydrogen) atoms. The third-order valence-electron chi connectivity index (χ3n) is 4.38. The van der Waals surface area contributed by atoms with E-state index in [9.17, 15) is 4.79 Å². The van der Waals surface area contributed by atoms with E-state index in [1.807, 2.05) is 0 Å². The molecule has 2 nitrogen and oxygen atoms in total. The Labute approximate surface area is 105 Å². The molecule has 1 aliphatic heterocycles. The Hall–Kier alpha value is -0.370. The quantitative estimate of drug-likeness (QED) is 0.746. The van der Waals surface area contributed by atoms with E-state index in [4.69, 9.17) is 4.74 Å². The summed E-state index contributed by atoms with van der Waals surface area (Å²) in [6.07, 6.45) is 10.5. The number of Topliss-reactive ketones (excluding diaryl/α,β-unsaturated/α-hetero) is 1. The van der Waals surface area contributed by atoms with Crippen molar-refractivity contribution < 1.29 is 9.53 Å². The highest BCUT2D eigenvalue weighted by atomic mass is 16.5. The van der Waals surface area contributed by atoms with Crippen LogP contribution >= 0.6 is 0 Å². The van der Waals surface area contributed by atoms with Crippen LogP contribution in [0, 0.1) is 11.8 Å². The van der Waals surface area contributed by atoms with Crippen LogP contribution in [-0.2, 0) is 9.53 Å². The molecule has 0 aromatic heterocycles. The van der Waals surface area contributed by atoms with Crippen LogP contribution < -0.4 is 0 Å². The van der Waals surface area contributed by atoms with E-state index in [1.54, 1.807) is 0 Å². The molecule has 0 bridgehead atoms. The van der Waals surface area contributed by atoms with Crippen LogP contribution in [0.5, 0.6) is 0 Å². The Morgan fingerprint density at radius 1 is 1.18 bits per heavy atom. The molecule has 2 aliphatic rings. The molecule has 1 saturated carbocycles. The third-order valence-corrected chi connectivity index (χ3v) is 4.38.